The maximum atomic E-state index is 13.4. The van der Waals surface area contributed by atoms with Crippen molar-refractivity contribution in [2.75, 3.05) is 12.9 Å². The number of sulfone groups is 1. The van der Waals surface area contributed by atoms with E-state index in [-0.39, 0.29) is 25.0 Å². The lowest BCUT2D eigenvalue weighted by molar-refractivity contribution is -0.132. The normalized spacial score (nSPS) is 14.6. The topological polar surface area (TPSA) is 140 Å². The Morgan fingerprint density at radius 1 is 0.875 bits per heavy atom. The molecule has 0 heterocycles. The van der Waals surface area contributed by atoms with Gasteiger partial charge in [0.1, 0.15) is 18.7 Å². The molecule has 0 spiro atoms. The SMILES string of the molecule is CC(C)C[C@@H](/C=C\S(C)(=O)=O)NC(=O)[C@H](CC(C)C)NC(=O)[C@H](COC(C)(C)C)NC(=O)OCc1ccccc1. The molecule has 0 aliphatic carbocycles. The zero-order valence-electron chi connectivity index (χ0n) is 25.0. The Kier molecular flexibility index (Phi) is 14.4. The summed E-state index contributed by atoms with van der Waals surface area (Å²) >= 11 is 0. The van der Waals surface area contributed by atoms with Gasteiger partial charge in [-0.2, -0.15) is 0 Å². The van der Waals surface area contributed by atoms with Gasteiger partial charge < -0.3 is 25.4 Å². The highest BCUT2D eigenvalue weighted by atomic mass is 32.2. The molecule has 0 fully saturated rings. The summed E-state index contributed by atoms with van der Waals surface area (Å²) < 4.78 is 34.3. The number of carbonyl (C=O) groups excluding carboxylic acids is 3. The average Bonchev–Trinajstić information content (AvgIpc) is 2.82. The highest BCUT2D eigenvalue weighted by molar-refractivity contribution is 7.93. The highest BCUT2D eigenvalue weighted by Gasteiger charge is 2.30. The maximum absolute atomic E-state index is 13.4. The number of rotatable bonds is 15. The zero-order chi connectivity index (χ0) is 30.5. The predicted molar refractivity (Wildman–Crippen MR) is 156 cm³/mol. The molecule has 1 aromatic rings. The van der Waals surface area contributed by atoms with Gasteiger partial charge in [0.25, 0.3) is 0 Å². The number of amides is 3. The van der Waals surface area contributed by atoms with E-state index in [4.69, 9.17) is 9.47 Å². The van der Waals surface area contributed by atoms with Crippen LogP contribution in [0.3, 0.4) is 0 Å². The fourth-order valence-corrected chi connectivity index (χ4v) is 4.09. The number of ether oxygens (including phenoxy) is 2. The van der Waals surface area contributed by atoms with Gasteiger partial charge in [-0.1, -0.05) is 64.1 Å². The summed E-state index contributed by atoms with van der Waals surface area (Å²) in [6, 6.07) is 6.54. The molecule has 0 aliphatic heterocycles. The van der Waals surface area contributed by atoms with Gasteiger partial charge >= 0.3 is 6.09 Å². The summed E-state index contributed by atoms with van der Waals surface area (Å²) in [6.45, 7) is 13.1. The van der Waals surface area contributed by atoms with Crippen LogP contribution in [0.25, 0.3) is 0 Å². The first-order valence-corrected chi connectivity index (χ1v) is 15.5. The minimum atomic E-state index is -3.38. The van der Waals surface area contributed by atoms with E-state index in [1.807, 2.05) is 78.8 Å². The fourth-order valence-electron chi connectivity index (χ4n) is 3.61. The smallest absolute Gasteiger partial charge is 0.408 e. The first kappa shape index (κ1) is 35.1. The molecule has 3 N–H and O–H groups in total. The van der Waals surface area contributed by atoms with Crippen LogP contribution in [-0.4, -0.2) is 62.9 Å². The van der Waals surface area contributed by atoms with Crippen molar-refractivity contribution in [1.29, 1.82) is 0 Å². The van der Waals surface area contributed by atoms with Gasteiger partial charge in [0, 0.05) is 17.7 Å². The molecule has 1 aromatic carbocycles. The van der Waals surface area contributed by atoms with E-state index in [0.29, 0.717) is 12.8 Å². The van der Waals surface area contributed by atoms with Gasteiger partial charge in [-0.15, -0.1) is 0 Å². The van der Waals surface area contributed by atoms with Crippen LogP contribution in [0.1, 0.15) is 66.9 Å². The van der Waals surface area contributed by atoms with E-state index in [9.17, 15) is 22.8 Å². The summed E-state index contributed by atoms with van der Waals surface area (Å²) in [4.78, 5) is 39.2. The molecular weight excluding hydrogens is 534 g/mol. The third-order valence-corrected chi connectivity index (χ3v) is 6.11. The Balaban J connectivity index is 3.04. The monoisotopic (exact) mass is 581 g/mol. The quantitative estimate of drug-likeness (QED) is 0.287. The van der Waals surface area contributed by atoms with Crippen molar-refractivity contribution in [3.05, 3.63) is 47.4 Å². The summed E-state index contributed by atoms with van der Waals surface area (Å²) in [7, 11) is -3.38. The zero-order valence-corrected chi connectivity index (χ0v) is 25.8. The second-order valence-electron chi connectivity index (χ2n) is 11.8. The molecule has 0 aromatic heterocycles. The molecule has 3 atom stereocenters. The number of benzene rings is 1. The molecule has 0 aliphatic rings. The molecule has 10 nitrogen and oxygen atoms in total. The Bertz CT molecular complexity index is 1080. The van der Waals surface area contributed by atoms with Crippen molar-refractivity contribution >= 4 is 27.7 Å². The number of alkyl carbamates (subject to hydrolysis) is 1. The van der Waals surface area contributed by atoms with Crippen LogP contribution < -0.4 is 16.0 Å². The van der Waals surface area contributed by atoms with Crippen LogP contribution in [-0.2, 0) is 35.5 Å². The number of hydrogen-bond acceptors (Lipinski definition) is 7. The predicted octanol–water partition coefficient (Wildman–Crippen LogP) is 3.72. The van der Waals surface area contributed by atoms with Crippen molar-refractivity contribution < 1.29 is 32.3 Å². The van der Waals surface area contributed by atoms with Gasteiger partial charge in [-0.05, 0) is 51.0 Å². The lowest BCUT2D eigenvalue weighted by Gasteiger charge is -2.27. The van der Waals surface area contributed by atoms with E-state index in [2.05, 4.69) is 16.0 Å². The van der Waals surface area contributed by atoms with E-state index < -0.39 is 51.5 Å². The summed E-state index contributed by atoms with van der Waals surface area (Å²) in [5.41, 5.74) is 0.206. The molecule has 1 rings (SSSR count). The van der Waals surface area contributed by atoms with Crippen LogP contribution in [0.15, 0.2) is 41.8 Å². The molecule has 0 saturated carbocycles. The molecule has 11 heteroatoms. The lowest BCUT2D eigenvalue weighted by Crippen LogP contribution is -2.56. The van der Waals surface area contributed by atoms with Gasteiger partial charge in [-0.3, -0.25) is 9.59 Å². The molecular formula is C29H47N3O7S. The van der Waals surface area contributed by atoms with E-state index in [0.717, 1.165) is 17.2 Å². The Morgan fingerprint density at radius 2 is 1.45 bits per heavy atom. The second-order valence-corrected chi connectivity index (χ2v) is 13.7. The maximum Gasteiger partial charge on any atom is 0.408 e. The van der Waals surface area contributed by atoms with Crippen LogP contribution in [0, 0.1) is 11.8 Å². The van der Waals surface area contributed by atoms with Crippen molar-refractivity contribution in [3.63, 3.8) is 0 Å². The van der Waals surface area contributed by atoms with Crippen LogP contribution in [0.2, 0.25) is 0 Å². The van der Waals surface area contributed by atoms with Crippen molar-refractivity contribution in [3.8, 4) is 0 Å². The van der Waals surface area contributed by atoms with Crippen molar-refractivity contribution in [2.45, 2.75) is 91.6 Å². The van der Waals surface area contributed by atoms with Gasteiger partial charge in [0.05, 0.1) is 12.2 Å². The standard InChI is InChI=1S/C29H47N3O7S/c1-20(2)16-23(14-15-40(8,36)37)30-26(33)24(17-21(3)4)31-27(34)25(19-39-29(5,6)7)32-28(35)38-18-22-12-10-9-11-13-22/h9-15,20-21,23-25H,16-19H2,1-8H3,(H,30,33)(H,31,34)(H,32,35)/b15-14-/t23-,24+,25+/m1/s1. The molecule has 0 radical (unpaired) electrons. The molecule has 40 heavy (non-hydrogen) atoms. The molecule has 0 bridgehead atoms. The minimum Gasteiger partial charge on any atom is -0.445 e. The summed E-state index contributed by atoms with van der Waals surface area (Å²) in [5, 5.41) is 9.23. The van der Waals surface area contributed by atoms with Crippen molar-refractivity contribution in [2.24, 2.45) is 11.8 Å². The van der Waals surface area contributed by atoms with Gasteiger partial charge in [0.2, 0.25) is 11.8 Å². The van der Waals surface area contributed by atoms with Crippen LogP contribution >= 0.6 is 0 Å². The first-order chi connectivity index (χ1) is 18.4. The molecule has 0 saturated heterocycles. The Morgan fingerprint density at radius 3 is 1.98 bits per heavy atom. The molecule has 0 unspecified atom stereocenters. The highest BCUT2D eigenvalue weighted by Crippen LogP contribution is 2.12. The Labute approximate surface area is 239 Å². The van der Waals surface area contributed by atoms with E-state index in [1.54, 1.807) is 0 Å². The second kappa shape index (κ2) is 16.4. The third-order valence-electron chi connectivity index (χ3n) is 5.46. The summed E-state index contributed by atoms with van der Waals surface area (Å²) in [5.74, 6) is -0.821. The van der Waals surface area contributed by atoms with Crippen molar-refractivity contribution in [1.82, 2.24) is 16.0 Å². The van der Waals surface area contributed by atoms with Crippen LogP contribution in [0.5, 0.6) is 0 Å². The average molecular weight is 582 g/mol. The largest absolute Gasteiger partial charge is 0.445 e. The van der Waals surface area contributed by atoms with Gasteiger partial charge in [-0.25, -0.2) is 13.2 Å². The number of nitrogens with one attached hydrogen (secondary N) is 3. The minimum absolute atomic E-state index is 0.0256. The fraction of sp³-hybridized carbons (Fsp3) is 0.621. The lowest BCUT2D eigenvalue weighted by atomic mass is 10.0. The number of carbonyl (C=O) groups is 3. The first-order valence-electron chi connectivity index (χ1n) is 13.6. The van der Waals surface area contributed by atoms with E-state index in [1.165, 1.54) is 6.08 Å². The summed E-state index contributed by atoms with van der Waals surface area (Å²) in [6.07, 6.45) is 2.57. The number of hydrogen-bond donors (Lipinski definition) is 3. The van der Waals surface area contributed by atoms with Gasteiger partial charge in [0.15, 0.2) is 9.84 Å². The molecule has 226 valence electrons. The van der Waals surface area contributed by atoms with Crippen LogP contribution in [0.4, 0.5) is 4.79 Å². The third kappa shape index (κ3) is 16.2. The molecule has 3 amide bonds. The Hall–Kier alpha value is -2.92. The van der Waals surface area contributed by atoms with E-state index >= 15 is 0 Å².